The maximum atomic E-state index is 5.30. The Balaban J connectivity index is 1.82. The van der Waals surface area contributed by atoms with E-state index in [-0.39, 0.29) is 0 Å². The number of nitrogens with zero attached hydrogens (tertiary/aromatic N) is 6. The molecule has 0 saturated heterocycles. The molecule has 0 aliphatic heterocycles. The number of hydrogen-bond donors (Lipinski definition) is 1. The second kappa shape index (κ2) is 7.45. The third kappa shape index (κ3) is 3.02. The second-order valence-electron chi connectivity index (χ2n) is 8.14. The summed E-state index contributed by atoms with van der Waals surface area (Å²) in [6.45, 7) is 0. The van der Waals surface area contributed by atoms with Crippen LogP contribution in [-0.2, 0) is 19.9 Å². The zero-order chi connectivity index (χ0) is 18.9. The van der Waals surface area contributed by atoms with E-state index in [0.717, 1.165) is 24.1 Å². The fourth-order valence-electron chi connectivity index (χ4n) is 5.01. The summed E-state index contributed by atoms with van der Waals surface area (Å²) >= 11 is 0. The molecule has 0 spiro atoms. The van der Waals surface area contributed by atoms with Crippen LogP contribution >= 0.6 is 0 Å². The Morgan fingerprint density at radius 2 is 1.82 bits per heavy atom. The van der Waals surface area contributed by atoms with Crippen LogP contribution in [0.4, 0.5) is 0 Å². The quantitative estimate of drug-likeness (QED) is 0.698. The van der Waals surface area contributed by atoms with Crippen molar-refractivity contribution in [2.24, 2.45) is 7.05 Å². The van der Waals surface area contributed by atoms with E-state index in [1.54, 1.807) is 0 Å². The molecule has 146 valence electrons. The number of pyridine rings is 1. The Bertz CT molecular complexity index is 952. The van der Waals surface area contributed by atoms with Crippen LogP contribution < -0.4 is 0 Å². The number of aryl methyl sites for hydroxylation is 2. The number of tetrazole rings is 1. The van der Waals surface area contributed by atoms with Crippen molar-refractivity contribution in [1.29, 1.82) is 0 Å². The largest absolute Gasteiger partial charge is 0.268 e. The van der Waals surface area contributed by atoms with Crippen molar-refractivity contribution in [2.45, 2.75) is 70.1 Å². The highest BCUT2D eigenvalue weighted by atomic mass is 15.5. The molecule has 0 amide bonds. The molecule has 2 aliphatic rings. The van der Waals surface area contributed by atoms with Crippen LogP contribution in [0.15, 0.2) is 12.3 Å². The lowest BCUT2D eigenvalue weighted by Gasteiger charge is -2.26. The number of rotatable bonds is 3. The number of H-pyrrole nitrogens is 1. The molecular weight excluding hydrogens is 350 g/mol. The number of fused-ring (bicyclic) bond motifs is 1. The number of aromatic nitrogens is 7. The molecule has 1 saturated carbocycles. The summed E-state index contributed by atoms with van der Waals surface area (Å²) in [5, 5.41) is 19.8. The van der Waals surface area contributed by atoms with E-state index in [9.17, 15) is 0 Å². The van der Waals surface area contributed by atoms with Gasteiger partial charge in [-0.15, -0.1) is 10.2 Å². The minimum absolute atomic E-state index is 0.475. The van der Waals surface area contributed by atoms with Gasteiger partial charge >= 0.3 is 0 Å². The van der Waals surface area contributed by atoms with Gasteiger partial charge in [-0.1, -0.05) is 25.7 Å². The second-order valence-corrected chi connectivity index (χ2v) is 8.14. The Morgan fingerprint density at radius 1 is 1.00 bits per heavy atom. The summed E-state index contributed by atoms with van der Waals surface area (Å²) in [6, 6.07) is 2.11. The van der Waals surface area contributed by atoms with Crippen molar-refractivity contribution in [3.63, 3.8) is 0 Å². The van der Waals surface area contributed by atoms with Gasteiger partial charge in [0.15, 0.2) is 0 Å². The molecule has 3 aromatic rings. The number of nitrogens with one attached hydrogen (secondary N) is 1. The Kier molecular flexibility index (Phi) is 4.66. The molecule has 5 rings (SSSR count). The smallest absolute Gasteiger partial charge is 0.207 e. The van der Waals surface area contributed by atoms with Gasteiger partial charge in [0.25, 0.3) is 0 Å². The molecule has 2 aliphatic carbocycles. The fraction of sp³-hybridized carbons (Fsp3) is 0.571. The van der Waals surface area contributed by atoms with E-state index in [1.807, 2.05) is 17.9 Å². The highest BCUT2D eigenvalue weighted by Crippen LogP contribution is 2.44. The molecule has 0 atom stereocenters. The lowest BCUT2D eigenvalue weighted by molar-refractivity contribution is 0.436. The highest BCUT2D eigenvalue weighted by molar-refractivity contribution is 5.84. The van der Waals surface area contributed by atoms with Crippen LogP contribution in [0.1, 0.15) is 74.2 Å². The SMILES string of the molecule is Cn1nccc1-c1c2c(nc(C3CCCCC3)c1-c1nn[nH]n1)CCCCC2. The minimum atomic E-state index is 0.475. The van der Waals surface area contributed by atoms with Crippen molar-refractivity contribution < 1.29 is 0 Å². The van der Waals surface area contributed by atoms with Crippen molar-refractivity contribution in [3.8, 4) is 22.6 Å². The Labute approximate surface area is 165 Å². The first kappa shape index (κ1) is 17.5. The highest BCUT2D eigenvalue weighted by Gasteiger charge is 2.30. The minimum Gasteiger partial charge on any atom is -0.268 e. The summed E-state index contributed by atoms with van der Waals surface area (Å²) in [5.74, 6) is 1.14. The summed E-state index contributed by atoms with van der Waals surface area (Å²) in [5.41, 5.74) is 7.25. The van der Waals surface area contributed by atoms with Crippen LogP contribution in [0.25, 0.3) is 22.6 Å². The van der Waals surface area contributed by atoms with Crippen molar-refractivity contribution in [3.05, 3.63) is 29.2 Å². The topological polar surface area (TPSA) is 85.2 Å². The number of hydrogen-bond acceptors (Lipinski definition) is 5. The zero-order valence-electron chi connectivity index (χ0n) is 16.5. The van der Waals surface area contributed by atoms with Gasteiger partial charge in [0.05, 0.1) is 17.0 Å². The van der Waals surface area contributed by atoms with Crippen molar-refractivity contribution in [1.82, 2.24) is 35.4 Å². The fourth-order valence-corrected chi connectivity index (χ4v) is 5.01. The molecule has 28 heavy (non-hydrogen) atoms. The van der Waals surface area contributed by atoms with Crippen LogP contribution in [0.3, 0.4) is 0 Å². The van der Waals surface area contributed by atoms with E-state index in [2.05, 4.69) is 31.8 Å². The molecule has 3 aromatic heterocycles. The van der Waals surface area contributed by atoms with Crippen LogP contribution in [-0.4, -0.2) is 35.4 Å². The van der Waals surface area contributed by atoms with E-state index in [1.165, 1.54) is 73.9 Å². The van der Waals surface area contributed by atoms with Gasteiger partial charge in [-0.05, 0) is 55.4 Å². The molecule has 0 aromatic carbocycles. The number of aromatic amines is 1. The van der Waals surface area contributed by atoms with Crippen molar-refractivity contribution >= 4 is 0 Å². The Morgan fingerprint density at radius 3 is 2.57 bits per heavy atom. The van der Waals surface area contributed by atoms with E-state index >= 15 is 0 Å². The normalized spacial score (nSPS) is 18.0. The van der Waals surface area contributed by atoms with Gasteiger partial charge in [-0.3, -0.25) is 9.67 Å². The molecule has 7 heteroatoms. The van der Waals surface area contributed by atoms with Gasteiger partial charge < -0.3 is 0 Å². The zero-order valence-corrected chi connectivity index (χ0v) is 16.5. The third-order valence-electron chi connectivity index (χ3n) is 6.39. The van der Waals surface area contributed by atoms with Crippen molar-refractivity contribution in [2.75, 3.05) is 0 Å². The predicted molar refractivity (Wildman–Crippen MR) is 107 cm³/mol. The van der Waals surface area contributed by atoms with Crippen LogP contribution in [0.2, 0.25) is 0 Å². The molecule has 0 radical (unpaired) electrons. The standard InChI is InChI=1S/C21H27N7/c1-28-17(12-13-22-28)18-15-10-6-3-7-11-16(15)23-20(14-8-4-2-5-9-14)19(18)21-24-26-27-25-21/h12-14H,2-11H2,1H3,(H,24,25,26,27). The van der Waals surface area contributed by atoms with Gasteiger partial charge in [0.2, 0.25) is 5.82 Å². The average molecular weight is 377 g/mol. The molecule has 3 heterocycles. The van der Waals surface area contributed by atoms with Gasteiger partial charge in [-0.2, -0.15) is 10.3 Å². The molecule has 7 nitrogen and oxygen atoms in total. The molecule has 1 N–H and O–H groups in total. The average Bonchev–Trinajstić information content (AvgIpc) is 3.34. The van der Waals surface area contributed by atoms with E-state index in [4.69, 9.17) is 4.98 Å². The first-order valence-corrected chi connectivity index (χ1v) is 10.6. The van der Waals surface area contributed by atoms with E-state index in [0.29, 0.717) is 11.7 Å². The molecule has 0 unspecified atom stereocenters. The summed E-state index contributed by atoms with van der Waals surface area (Å²) in [6.07, 6.45) is 13.9. The molecule has 1 fully saturated rings. The summed E-state index contributed by atoms with van der Waals surface area (Å²) in [7, 11) is 2.01. The van der Waals surface area contributed by atoms with Crippen LogP contribution in [0.5, 0.6) is 0 Å². The van der Waals surface area contributed by atoms with E-state index < -0.39 is 0 Å². The van der Waals surface area contributed by atoms with Gasteiger partial charge in [0.1, 0.15) is 0 Å². The summed E-state index contributed by atoms with van der Waals surface area (Å²) in [4.78, 5) is 5.30. The predicted octanol–water partition coefficient (Wildman–Crippen LogP) is 3.98. The summed E-state index contributed by atoms with van der Waals surface area (Å²) < 4.78 is 1.97. The molecular formula is C21H27N7. The lowest BCUT2D eigenvalue weighted by atomic mass is 9.82. The lowest BCUT2D eigenvalue weighted by Crippen LogP contribution is -2.14. The van der Waals surface area contributed by atoms with Gasteiger partial charge in [-0.25, -0.2) is 0 Å². The van der Waals surface area contributed by atoms with Crippen LogP contribution in [0, 0.1) is 0 Å². The maximum Gasteiger partial charge on any atom is 0.207 e. The first-order valence-electron chi connectivity index (χ1n) is 10.6. The maximum absolute atomic E-state index is 5.30. The van der Waals surface area contributed by atoms with Gasteiger partial charge in [0, 0.05) is 30.4 Å². The Hall–Kier alpha value is -2.57. The third-order valence-corrected chi connectivity index (χ3v) is 6.39. The molecule has 0 bridgehead atoms. The first-order chi connectivity index (χ1) is 13.8. The monoisotopic (exact) mass is 377 g/mol.